The lowest BCUT2D eigenvalue weighted by Crippen LogP contribution is -2.26. The Morgan fingerprint density at radius 2 is 2.08 bits per heavy atom. The van der Waals surface area contributed by atoms with Gasteiger partial charge in [-0.2, -0.15) is 5.10 Å². The van der Waals surface area contributed by atoms with Gasteiger partial charge in [-0.25, -0.2) is 9.67 Å². The van der Waals surface area contributed by atoms with Crippen molar-refractivity contribution in [3.8, 4) is 17.2 Å². The molecule has 4 rings (SSSR count). The molecule has 1 unspecified atom stereocenters. The van der Waals surface area contributed by atoms with E-state index >= 15 is 0 Å². The van der Waals surface area contributed by atoms with Crippen LogP contribution in [0.4, 0.5) is 0 Å². The van der Waals surface area contributed by atoms with E-state index < -0.39 is 0 Å². The number of amides is 1. The Morgan fingerprint density at radius 1 is 1.27 bits per heavy atom. The van der Waals surface area contributed by atoms with Crippen molar-refractivity contribution in [3.63, 3.8) is 0 Å². The average Bonchev–Trinajstić information content (AvgIpc) is 3.33. The molecule has 0 bridgehead atoms. The standard InChI is InChI=1S/C18H15ClN4O3/c1-11(12-2-4-14(5-3-12)23-9-20-8-21-23)22-18(24)13-6-15(19)17-16(7-13)25-10-26-17/h2-9,11H,10H2,1H3,(H,22,24). The number of aromatic nitrogens is 3. The third kappa shape index (κ3) is 3.09. The summed E-state index contributed by atoms with van der Waals surface area (Å²) in [7, 11) is 0. The number of halogens is 1. The number of nitrogens with one attached hydrogen (secondary N) is 1. The highest BCUT2D eigenvalue weighted by atomic mass is 35.5. The smallest absolute Gasteiger partial charge is 0.251 e. The fourth-order valence-corrected chi connectivity index (χ4v) is 2.98. The van der Waals surface area contributed by atoms with Crippen LogP contribution < -0.4 is 14.8 Å². The highest BCUT2D eigenvalue weighted by Crippen LogP contribution is 2.39. The summed E-state index contributed by atoms with van der Waals surface area (Å²) in [5, 5.41) is 7.40. The van der Waals surface area contributed by atoms with Gasteiger partial charge in [-0.05, 0) is 36.8 Å². The molecule has 0 radical (unpaired) electrons. The van der Waals surface area contributed by atoms with Crippen LogP contribution in [0.3, 0.4) is 0 Å². The van der Waals surface area contributed by atoms with Gasteiger partial charge in [0.25, 0.3) is 5.91 Å². The molecule has 1 aliphatic heterocycles. The van der Waals surface area contributed by atoms with E-state index in [0.717, 1.165) is 11.3 Å². The van der Waals surface area contributed by atoms with Gasteiger partial charge in [0, 0.05) is 5.56 Å². The molecular formula is C18H15ClN4O3. The maximum absolute atomic E-state index is 12.5. The summed E-state index contributed by atoms with van der Waals surface area (Å²) in [5.74, 6) is 0.713. The van der Waals surface area contributed by atoms with Gasteiger partial charge in [-0.3, -0.25) is 4.79 Å². The molecule has 26 heavy (non-hydrogen) atoms. The Hall–Kier alpha value is -3.06. The van der Waals surface area contributed by atoms with Crippen molar-refractivity contribution >= 4 is 17.5 Å². The second-order valence-corrected chi connectivity index (χ2v) is 6.23. The summed E-state index contributed by atoms with van der Waals surface area (Å²) >= 11 is 6.14. The monoisotopic (exact) mass is 370 g/mol. The molecule has 0 aliphatic carbocycles. The van der Waals surface area contributed by atoms with Crippen LogP contribution in [0, 0.1) is 0 Å². The van der Waals surface area contributed by atoms with Gasteiger partial charge < -0.3 is 14.8 Å². The molecule has 2 aromatic carbocycles. The molecule has 1 aliphatic rings. The number of hydrogen-bond acceptors (Lipinski definition) is 5. The third-order valence-corrected chi connectivity index (χ3v) is 4.39. The minimum absolute atomic E-state index is 0.106. The van der Waals surface area contributed by atoms with Gasteiger partial charge in [-0.1, -0.05) is 23.7 Å². The van der Waals surface area contributed by atoms with E-state index in [4.69, 9.17) is 21.1 Å². The van der Waals surface area contributed by atoms with Gasteiger partial charge in [0.15, 0.2) is 11.5 Å². The van der Waals surface area contributed by atoms with E-state index in [1.54, 1.807) is 23.1 Å². The van der Waals surface area contributed by atoms with Crippen molar-refractivity contribution in [1.82, 2.24) is 20.1 Å². The topological polar surface area (TPSA) is 78.3 Å². The SMILES string of the molecule is CC(NC(=O)c1cc(Cl)c2c(c1)OCO2)c1ccc(-n2cncn2)cc1. The van der Waals surface area contributed by atoms with E-state index in [9.17, 15) is 4.79 Å². The van der Waals surface area contributed by atoms with Gasteiger partial charge in [0.05, 0.1) is 16.8 Å². The van der Waals surface area contributed by atoms with Crippen molar-refractivity contribution in [2.24, 2.45) is 0 Å². The summed E-state index contributed by atoms with van der Waals surface area (Å²) in [4.78, 5) is 16.5. The van der Waals surface area contributed by atoms with E-state index in [1.807, 2.05) is 31.2 Å². The molecular weight excluding hydrogens is 356 g/mol. The number of carbonyl (C=O) groups excluding carboxylic acids is 1. The minimum Gasteiger partial charge on any atom is -0.454 e. The molecule has 1 amide bonds. The van der Waals surface area contributed by atoms with Crippen LogP contribution in [-0.4, -0.2) is 27.5 Å². The number of hydrogen-bond donors (Lipinski definition) is 1. The van der Waals surface area contributed by atoms with Crippen LogP contribution in [-0.2, 0) is 0 Å². The lowest BCUT2D eigenvalue weighted by Gasteiger charge is -2.15. The first-order valence-corrected chi connectivity index (χ1v) is 8.34. The zero-order chi connectivity index (χ0) is 18.1. The van der Waals surface area contributed by atoms with Gasteiger partial charge in [0.2, 0.25) is 6.79 Å². The zero-order valence-corrected chi connectivity index (χ0v) is 14.6. The minimum atomic E-state index is -0.238. The van der Waals surface area contributed by atoms with Gasteiger partial charge >= 0.3 is 0 Å². The first-order valence-electron chi connectivity index (χ1n) is 7.97. The maximum atomic E-state index is 12.5. The Kier molecular flexibility index (Phi) is 4.22. The number of benzene rings is 2. The Labute approximate surface area is 154 Å². The highest BCUT2D eigenvalue weighted by Gasteiger charge is 2.21. The van der Waals surface area contributed by atoms with Crippen molar-refractivity contribution in [1.29, 1.82) is 0 Å². The lowest BCUT2D eigenvalue weighted by atomic mass is 10.1. The number of ether oxygens (including phenoxy) is 2. The maximum Gasteiger partial charge on any atom is 0.251 e. The van der Waals surface area contributed by atoms with Crippen LogP contribution in [0.1, 0.15) is 28.9 Å². The molecule has 8 heteroatoms. The molecule has 0 saturated carbocycles. The van der Waals surface area contributed by atoms with Crippen LogP contribution >= 0.6 is 11.6 Å². The molecule has 1 aromatic heterocycles. The lowest BCUT2D eigenvalue weighted by molar-refractivity contribution is 0.0939. The van der Waals surface area contributed by atoms with Crippen molar-refractivity contribution in [2.75, 3.05) is 6.79 Å². The van der Waals surface area contributed by atoms with Crippen LogP contribution in [0.2, 0.25) is 5.02 Å². The second-order valence-electron chi connectivity index (χ2n) is 5.82. The summed E-state index contributed by atoms with van der Waals surface area (Å²) in [6.07, 6.45) is 3.11. The van der Waals surface area contributed by atoms with Crippen molar-refractivity contribution in [3.05, 3.63) is 65.2 Å². The van der Waals surface area contributed by atoms with E-state index in [-0.39, 0.29) is 18.7 Å². The van der Waals surface area contributed by atoms with Crippen molar-refractivity contribution in [2.45, 2.75) is 13.0 Å². The molecule has 1 atom stereocenters. The number of rotatable bonds is 4. The Balaban J connectivity index is 1.48. The summed E-state index contributed by atoms with van der Waals surface area (Å²) < 4.78 is 12.2. The van der Waals surface area contributed by atoms with Gasteiger partial charge in [0.1, 0.15) is 12.7 Å². The number of fused-ring (bicyclic) bond motifs is 1. The predicted octanol–water partition coefficient (Wildman–Crippen LogP) is 3.14. The molecule has 3 aromatic rings. The molecule has 2 heterocycles. The van der Waals surface area contributed by atoms with Gasteiger partial charge in [-0.15, -0.1) is 0 Å². The summed E-state index contributed by atoms with van der Waals surface area (Å²) in [6.45, 7) is 2.02. The third-order valence-electron chi connectivity index (χ3n) is 4.11. The highest BCUT2D eigenvalue weighted by molar-refractivity contribution is 6.32. The van der Waals surface area contributed by atoms with Crippen LogP contribution in [0.15, 0.2) is 49.1 Å². The number of nitrogens with zero attached hydrogens (tertiary/aromatic N) is 3. The zero-order valence-electron chi connectivity index (χ0n) is 13.8. The Morgan fingerprint density at radius 3 is 2.81 bits per heavy atom. The molecule has 0 spiro atoms. The largest absolute Gasteiger partial charge is 0.454 e. The first-order chi connectivity index (χ1) is 12.6. The number of carbonyl (C=O) groups is 1. The quantitative estimate of drug-likeness (QED) is 0.763. The molecule has 7 nitrogen and oxygen atoms in total. The normalized spacial score (nSPS) is 13.5. The first kappa shape index (κ1) is 16.4. The summed E-state index contributed by atoms with van der Waals surface area (Å²) in [5.41, 5.74) is 2.28. The Bertz CT molecular complexity index is 942. The molecule has 0 saturated heterocycles. The van der Waals surface area contributed by atoms with E-state index in [1.165, 1.54) is 6.33 Å². The fraction of sp³-hybridized carbons (Fsp3) is 0.167. The fourth-order valence-electron chi connectivity index (χ4n) is 2.72. The predicted molar refractivity (Wildman–Crippen MR) is 94.8 cm³/mol. The van der Waals surface area contributed by atoms with E-state index in [2.05, 4.69) is 15.4 Å². The molecule has 132 valence electrons. The van der Waals surface area contributed by atoms with Crippen LogP contribution in [0.5, 0.6) is 11.5 Å². The van der Waals surface area contributed by atoms with Crippen LogP contribution in [0.25, 0.3) is 5.69 Å². The van der Waals surface area contributed by atoms with Crippen molar-refractivity contribution < 1.29 is 14.3 Å². The molecule has 1 N–H and O–H groups in total. The molecule has 0 fully saturated rings. The van der Waals surface area contributed by atoms with E-state index in [0.29, 0.717) is 22.1 Å². The second kappa shape index (κ2) is 6.68. The summed E-state index contributed by atoms with van der Waals surface area (Å²) in [6, 6.07) is 10.7. The average molecular weight is 371 g/mol.